The van der Waals surface area contributed by atoms with E-state index in [4.69, 9.17) is 5.73 Å². The summed E-state index contributed by atoms with van der Waals surface area (Å²) in [6.45, 7) is 4.51. The molecule has 4 N–H and O–H groups in total. The molecule has 20 heavy (non-hydrogen) atoms. The second-order valence-corrected chi connectivity index (χ2v) is 5.74. The minimum Gasteiger partial charge on any atom is -0.353 e. The third-order valence-electron chi connectivity index (χ3n) is 2.84. The molecule has 0 aliphatic rings. The topological polar surface area (TPSA) is 84.2 Å². The molecule has 1 aromatic rings. The second kappa shape index (κ2) is 8.01. The van der Waals surface area contributed by atoms with E-state index in [0.29, 0.717) is 18.7 Å². The number of rotatable bonds is 6. The molecule has 0 fully saturated rings. The van der Waals surface area contributed by atoms with Crippen LogP contribution >= 0.6 is 15.9 Å². The first-order valence-electron chi connectivity index (χ1n) is 6.49. The van der Waals surface area contributed by atoms with Crippen LogP contribution in [0.25, 0.3) is 0 Å². The molecule has 1 rings (SSSR count). The molecule has 0 bridgehead atoms. The van der Waals surface area contributed by atoms with Crippen LogP contribution < -0.4 is 16.4 Å². The third-order valence-corrected chi connectivity index (χ3v) is 3.37. The van der Waals surface area contributed by atoms with Gasteiger partial charge in [-0.25, -0.2) is 0 Å². The second-order valence-electron chi connectivity index (χ2n) is 4.82. The summed E-state index contributed by atoms with van der Waals surface area (Å²) in [5.41, 5.74) is 6.29. The normalized spacial score (nSPS) is 12.1. The van der Waals surface area contributed by atoms with Crippen LogP contribution in [-0.2, 0) is 4.79 Å². The number of amides is 2. The van der Waals surface area contributed by atoms with E-state index in [1.54, 1.807) is 24.3 Å². The highest BCUT2D eigenvalue weighted by molar-refractivity contribution is 9.10. The maximum absolute atomic E-state index is 11.8. The van der Waals surface area contributed by atoms with Gasteiger partial charge in [0.05, 0.1) is 6.04 Å². The number of nitrogens with two attached hydrogens (primary N) is 1. The van der Waals surface area contributed by atoms with Crippen molar-refractivity contribution in [1.82, 2.24) is 10.6 Å². The molecule has 110 valence electrons. The smallest absolute Gasteiger partial charge is 0.251 e. The van der Waals surface area contributed by atoms with E-state index in [1.807, 2.05) is 13.8 Å². The van der Waals surface area contributed by atoms with Gasteiger partial charge in [-0.2, -0.15) is 0 Å². The molecule has 0 heterocycles. The fourth-order valence-electron chi connectivity index (χ4n) is 1.49. The van der Waals surface area contributed by atoms with Crippen molar-refractivity contribution in [2.75, 3.05) is 13.1 Å². The van der Waals surface area contributed by atoms with Crippen LogP contribution in [0.5, 0.6) is 0 Å². The molecule has 1 atom stereocenters. The lowest BCUT2D eigenvalue weighted by Gasteiger charge is -2.15. The summed E-state index contributed by atoms with van der Waals surface area (Å²) in [7, 11) is 0. The molecule has 0 aliphatic heterocycles. The van der Waals surface area contributed by atoms with Crippen LogP contribution in [0.1, 0.15) is 24.2 Å². The van der Waals surface area contributed by atoms with E-state index >= 15 is 0 Å². The molecule has 0 spiro atoms. The van der Waals surface area contributed by atoms with Gasteiger partial charge in [0, 0.05) is 23.1 Å². The Hall–Kier alpha value is -1.40. The van der Waals surface area contributed by atoms with Crippen molar-refractivity contribution in [2.45, 2.75) is 19.9 Å². The number of halogens is 1. The maximum atomic E-state index is 11.8. The van der Waals surface area contributed by atoms with Crippen molar-refractivity contribution < 1.29 is 9.59 Å². The van der Waals surface area contributed by atoms with Gasteiger partial charge < -0.3 is 16.4 Å². The molecule has 0 aromatic heterocycles. The van der Waals surface area contributed by atoms with Crippen molar-refractivity contribution >= 4 is 27.7 Å². The minimum absolute atomic E-state index is 0.0901. The van der Waals surface area contributed by atoms with Gasteiger partial charge in [-0.15, -0.1) is 0 Å². The van der Waals surface area contributed by atoms with E-state index in [0.717, 1.165) is 4.47 Å². The first kappa shape index (κ1) is 16.7. The zero-order valence-corrected chi connectivity index (χ0v) is 13.2. The minimum atomic E-state index is -0.517. The molecule has 0 aliphatic carbocycles. The van der Waals surface area contributed by atoms with Crippen LogP contribution in [0.4, 0.5) is 0 Å². The standard InChI is InChI=1S/C14H20BrN3O2/c1-9(2)12(16)14(20)18-8-7-17-13(19)10-3-5-11(15)6-4-10/h3-6,9,12H,7-8,16H2,1-2H3,(H,17,19)(H,18,20)/t12-/m0/s1. The van der Waals surface area contributed by atoms with Crippen LogP contribution in [0.15, 0.2) is 28.7 Å². The van der Waals surface area contributed by atoms with Gasteiger partial charge in [-0.3, -0.25) is 9.59 Å². The summed E-state index contributed by atoms with van der Waals surface area (Å²) >= 11 is 3.31. The molecule has 0 saturated carbocycles. The van der Waals surface area contributed by atoms with E-state index < -0.39 is 6.04 Å². The largest absolute Gasteiger partial charge is 0.353 e. The average molecular weight is 342 g/mol. The first-order valence-corrected chi connectivity index (χ1v) is 7.28. The van der Waals surface area contributed by atoms with Crippen molar-refractivity contribution in [1.29, 1.82) is 0 Å². The lowest BCUT2D eigenvalue weighted by molar-refractivity contribution is -0.123. The highest BCUT2D eigenvalue weighted by Gasteiger charge is 2.16. The molecule has 0 saturated heterocycles. The van der Waals surface area contributed by atoms with E-state index in [9.17, 15) is 9.59 Å². The molecule has 2 amide bonds. The summed E-state index contributed by atoms with van der Waals surface area (Å²) in [6.07, 6.45) is 0. The Balaban J connectivity index is 2.29. The summed E-state index contributed by atoms with van der Waals surface area (Å²) < 4.78 is 0.920. The molecule has 1 aromatic carbocycles. The Morgan fingerprint density at radius 3 is 2.25 bits per heavy atom. The van der Waals surface area contributed by atoms with Gasteiger partial charge in [-0.1, -0.05) is 29.8 Å². The maximum Gasteiger partial charge on any atom is 0.251 e. The van der Waals surface area contributed by atoms with Crippen LogP contribution in [-0.4, -0.2) is 30.9 Å². The van der Waals surface area contributed by atoms with E-state index in [1.165, 1.54) is 0 Å². The Morgan fingerprint density at radius 2 is 1.70 bits per heavy atom. The highest BCUT2D eigenvalue weighted by atomic mass is 79.9. The Kier molecular flexibility index (Phi) is 6.67. The van der Waals surface area contributed by atoms with Gasteiger partial charge in [0.2, 0.25) is 5.91 Å². The van der Waals surface area contributed by atoms with Crippen molar-refractivity contribution in [3.63, 3.8) is 0 Å². The zero-order valence-electron chi connectivity index (χ0n) is 11.7. The van der Waals surface area contributed by atoms with Crippen LogP contribution in [0.3, 0.4) is 0 Å². The molecule has 0 radical (unpaired) electrons. The van der Waals surface area contributed by atoms with Crippen molar-refractivity contribution in [3.8, 4) is 0 Å². The predicted molar refractivity (Wildman–Crippen MR) is 82.3 cm³/mol. The predicted octanol–water partition coefficient (Wildman–Crippen LogP) is 1.28. The fourth-order valence-corrected chi connectivity index (χ4v) is 1.75. The number of nitrogens with one attached hydrogen (secondary N) is 2. The molecule has 5 nitrogen and oxygen atoms in total. The fraction of sp³-hybridized carbons (Fsp3) is 0.429. The first-order chi connectivity index (χ1) is 9.41. The zero-order chi connectivity index (χ0) is 15.1. The van der Waals surface area contributed by atoms with Crippen molar-refractivity contribution in [3.05, 3.63) is 34.3 Å². The Bertz CT molecular complexity index is 460. The lowest BCUT2D eigenvalue weighted by Crippen LogP contribution is -2.46. The quantitative estimate of drug-likeness (QED) is 0.681. The van der Waals surface area contributed by atoms with Gasteiger partial charge in [0.15, 0.2) is 0 Å². The molecule has 0 unspecified atom stereocenters. The number of hydrogen-bond acceptors (Lipinski definition) is 3. The Labute approximate surface area is 127 Å². The summed E-state index contributed by atoms with van der Waals surface area (Å²) in [5.74, 6) is -0.273. The third kappa shape index (κ3) is 5.30. The monoisotopic (exact) mass is 341 g/mol. The number of carbonyl (C=O) groups excluding carboxylic acids is 2. The summed E-state index contributed by atoms with van der Waals surface area (Å²) in [4.78, 5) is 23.4. The van der Waals surface area contributed by atoms with Gasteiger partial charge >= 0.3 is 0 Å². The van der Waals surface area contributed by atoms with E-state index in [-0.39, 0.29) is 17.7 Å². The number of hydrogen-bond donors (Lipinski definition) is 3. The van der Waals surface area contributed by atoms with Crippen LogP contribution in [0.2, 0.25) is 0 Å². The number of benzene rings is 1. The SMILES string of the molecule is CC(C)[C@H](N)C(=O)NCCNC(=O)c1ccc(Br)cc1. The van der Waals surface area contributed by atoms with Gasteiger partial charge in [-0.05, 0) is 30.2 Å². The Morgan fingerprint density at radius 1 is 1.15 bits per heavy atom. The van der Waals surface area contributed by atoms with Crippen LogP contribution in [0, 0.1) is 5.92 Å². The van der Waals surface area contributed by atoms with Gasteiger partial charge in [0.1, 0.15) is 0 Å². The summed E-state index contributed by atoms with van der Waals surface area (Å²) in [5, 5.41) is 5.43. The molecule has 6 heteroatoms. The lowest BCUT2D eigenvalue weighted by atomic mass is 10.1. The highest BCUT2D eigenvalue weighted by Crippen LogP contribution is 2.10. The summed E-state index contributed by atoms with van der Waals surface area (Å²) in [6, 6.07) is 6.55. The van der Waals surface area contributed by atoms with Crippen molar-refractivity contribution in [2.24, 2.45) is 11.7 Å². The number of carbonyl (C=O) groups is 2. The average Bonchev–Trinajstić information content (AvgIpc) is 2.42. The molecular weight excluding hydrogens is 322 g/mol. The van der Waals surface area contributed by atoms with E-state index in [2.05, 4.69) is 26.6 Å². The van der Waals surface area contributed by atoms with Gasteiger partial charge in [0.25, 0.3) is 5.91 Å². The molecular formula is C14H20BrN3O2.